The summed E-state index contributed by atoms with van der Waals surface area (Å²) in [5.74, 6) is 0.624. The second-order valence-electron chi connectivity index (χ2n) is 6.29. The lowest BCUT2D eigenvalue weighted by Gasteiger charge is -2.21. The lowest BCUT2D eigenvalue weighted by atomic mass is 10.0. The average molecular weight is 399 g/mol. The summed E-state index contributed by atoms with van der Waals surface area (Å²) < 4.78 is 12.1. The second-order valence-corrected chi connectivity index (χ2v) is 7.08. The molecule has 0 spiro atoms. The predicted molar refractivity (Wildman–Crippen MR) is 99.6 cm³/mol. The molecule has 0 saturated carbocycles. The number of anilines is 1. The molecule has 0 atom stereocenters. The minimum Gasteiger partial charge on any atom is -0.381 e. The SMILES string of the molecule is Cc1cc(NC(=O)NCCCOCC2CCOCC2)cc(C)c1Br. The van der Waals surface area contributed by atoms with E-state index in [1.807, 2.05) is 26.0 Å². The van der Waals surface area contributed by atoms with E-state index in [2.05, 4.69) is 26.6 Å². The van der Waals surface area contributed by atoms with E-state index in [9.17, 15) is 4.79 Å². The van der Waals surface area contributed by atoms with Gasteiger partial charge in [-0.1, -0.05) is 15.9 Å². The number of benzene rings is 1. The molecule has 24 heavy (non-hydrogen) atoms. The smallest absolute Gasteiger partial charge is 0.319 e. The standard InChI is InChI=1S/C18H27BrN2O3/c1-13-10-16(11-14(2)17(13)19)21-18(22)20-6-3-7-24-12-15-4-8-23-9-5-15/h10-11,15H,3-9,12H2,1-2H3,(H2,20,21,22). The number of hydrogen-bond acceptors (Lipinski definition) is 3. The van der Waals surface area contributed by atoms with Gasteiger partial charge in [0.25, 0.3) is 0 Å². The highest BCUT2D eigenvalue weighted by Gasteiger charge is 2.13. The molecule has 0 unspecified atom stereocenters. The zero-order valence-corrected chi connectivity index (χ0v) is 16.1. The quantitative estimate of drug-likeness (QED) is 0.681. The minimum atomic E-state index is -0.180. The molecule has 0 aliphatic carbocycles. The summed E-state index contributed by atoms with van der Waals surface area (Å²) in [4.78, 5) is 11.9. The van der Waals surface area contributed by atoms with E-state index in [-0.39, 0.29) is 6.03 Å². The third-order valence-electron chi connectivity index (χ3n) is 4.14. The van der Waals surface area contributed by atoms with E-state index < -0.39 is 0 Å². The van der Waals surface area contributed by atoms with Gasteiger partial charge in [-0.05, 0) is 62.3 Å². The van der Waals surface area contributed by atoms with Crippen molar-refractivity contribution >= 4 is 27.6 Å². The molecule has 5 nitrogen and oxygen atoms in total. The molecule has 2 rings (SSSR count). The van der Waals surface area contributed by atoms with Crippen molar-refractivity contribution in [2.24, 2.45) is 5.92 Å². The van der Waals surface area contributed by atoms with Crippen molar-refractivity contribution in [3.05, 3.63) is 27.7 Å². The average Bonchev–Trinajstić information content (AvgIpc) is 2.56. The molecule has 1 aliphatic heterocycles. The van der Waals surface area contributed by atoms with Crippen molar-refractivity contribution in [1.29, 1.82) is 0 Å². The number of carbonyl (C=O) groups is 1. The van der Waals surface area contributed by atoms with Gasteiger partial charge in [0.05, 0.1) is 0 Å². The fourth-order valence-electron chi connectivity index (χ4n) is 2.73. The number of ether oxygens (including phenoxy) is 2. The van der Waals surface area contributed by atoms with E-state index in [4.69, 9.17) is 9.47 Å². The number of urea groups is 1. The molecule has 1 aliphatic rings. The summed E-state index contributed by atoms with van der Waals surface area (Å²) >= 11 is 3.52. The summed E-state index contributed by atoms with van der Waals surface area (Å²) in [5, 5.41) is 5.73. The van der Waals surface area contributed by atoms with Crippen LogP contribution in [0.25, 0.3) is 0 Å². The van der Waals surface area contributed by atoms with Crippen LogP contribution in [-0.4, -0.2) is 39.0 Å². The Hall–Kier alpha value is -1.11. The van der Waals surface area contributed by atoms with Crippen LogP contribution in [0.15, 0.2) is 16.6 Å². The Labute approximate surface area is 152 Å². The van der Waals surface area contributed by atoms with Gasteiger partial charge in [-0.15, -0.1) is 0 Å². The maximum Gasteiger partial charge on any atom is 0.319 e. The van der Waals surface area contributed by atoms with Crippen LogP contribution in [-0.2, 0) is 9.47 Å². The fraction of sp³-hybridized carbons (Fsp3) is 0.611. The van der Waals surface area contributed by atoms with Crippen molar-refractivity contribution < 1.29 is 14.3 Å². The summed E-state index contributed by atoms with van der Waals surface area (Å²) in [6.07, 6.45) is 2.99. The first-order valence-corrected chi connectivity index (χ1v) is 9.32. The van der Waals surface area contributed by atoms with Crippen molar-refractivity contribution in [1.82, 2.24) is 5.32 Å². The second kappa shape index (κ2) is 10.0. The van der Waals surface area contributed by atoms with Crippen LogP contribution in [0.2, 0.25) is 0 Å². The molecular weight excluding hydrogens is 372 g/mol. The van der Waals surface area contributed by atoms with Gasteiger partial charge in [0.2, 0.25) is 0 Å². The van der Waals surface area contributed by atoms with Gasteiger partial charge in [-0.3, -0.25) is 0 Å². The van der Waals surface area contributed by atoms with Crippen LogP contribution < -0.4 is 10.6 Å². The monoisotopic (exact) mass is 398 g/mol. The Morgan fingerprint density at radius 3 is 2.62 bits per heavy atom. The van der Waals surface area contributed by atoms with Gasteiger partial charge in [0.1, 0.15) is 0 Å². The van der Waals surface area contributed by atoms with Gasteiger partial charge < -0.3 is 20.1 Å². The first-order valence-electron chi connectivity index (χ1n) is 8.53. The first-order chi connectivity index (χ1) is 11.6. The van der Waals surface area contributed by atoms with E-state index >= 15 is 0 Å². The summed E-state index contributed by atoms with van der Waals surface area (Å²) in [6, 6.07) is 3.72. The molecule has 1 aromatic carbocycles. The molecule has 6 heteroatoms. The molecule has 2 amide bonds. The van der Waals surface area contributed by atoms with E-state index in [1.54, 1.807) is 0 Å². The molecule has 0 radical (unpaired) electrons. The molecule has 2 N–H and O–H groups in total. The highest BCUT2D eigenvalue weighted by Crippen LogP contribution is 2.24. The van der Waals surface area contributed by atoms with Gasteiger partial charge in [-0.25, -0.2) is 4.79 Å². The first kappa shape index (κ1) is 19.2. The van der Waals surface area contributed by atoms with Crippen molar-refractivity contribution in [3.8, 4) is 0 Å². The number of carbonyl (C=O) groups excluding carboxylic acids is 1. The maximum absolute atomic E-state index is 11.9. The van der Waals surface area contributed by atoms with Crippen LogP contribution in [0.5, 0.6) is 0 Å². The lowest BCUT2D eigenvalue weighted by molar-refractivity contribution is 0.0203. The number of amides is 2. The summed E-state index contributed by atoms with van der Waals surface area (Å²) in [7, 11) is 0. The molecule has 1 saturated heterocycles. The molecule has 1 heterocycles. The van der Waals surface area contributed by atoms with Gasteiger partial charge in [0.15, 0.2) is 0 Å². The molecule has 1 aromatic rings. The Kier molecular flexibility index (Phi) is 8.02. The third-order valence-corrected chi connectivity index (χ3v) is 5.39. The van der Waals surface area contributed by atoms with Crippen LogP contribution in [0.1, 0.15) is 30.4 Å². The number of nitrogens with one attached hydrogen (secondary N) is 2. The van der Waals surface area contributed by atoms with E-state index in [0.717, 1.165) is 60.4 Å². The van der Waals surface area contributed by atoms with Crippen molar-refractivity contribution in [2.75, 3.05) is 38.3 Å². The Bertz CT molecular complexity index is 522. The summed E-state index contributed by atoms with van der Waals surface area (Å²) in [6.45, 7) is 7.80. The maximum atomic E-state index is 11.9. The predicted octanol–water partition coefficient (Wildman–Crippen LogP) is 4.02. The van der Waals surface area contributed by atoms with Gasteiger partial charge in [0, 0.05) is 43.1 Å². The van der Waals surface area contributed by atoms with E-state index in [0.29, 0.717) is 19.1 Å². The normalized spacial score (nSPS) is 15.3. The van der Waals surface area contributed by atoms with Gasteiger partial charge >= 0.3 is 6.03 Å². The van der Waals surface area contributed by atoms with Crippen LogP contribution in [0.4, 0.5) is 10.5 Å². The number of rotatable bonds is 7. The Balaban J connectivity index is 1.58. The lowest BCUT2D eigenvalue weighted by Crippen LogP contribution is -2.30. The van der Waals surface area contributed by atoms with E-state index in [1.165, 1.54) is 0 Å². The zero-order valence-electron chi connectivity index (χ0n) is 14.5. The molecule has 134 valence electrons. The molecule has 0 aromatic heterocycles. The van der Waals surface area contributed by atoms with Crippen molar-refractivity contribution in [2.45, 2.75) is 33.1 Å². The minimum absolute atomic E-state index is 0.180. The fourth-order valence-corrected chi connectivity index (χ4v) is 2.96. The van der Waals surface area contributed by atoms with Gasteiger partial charge in [-0.2, -0.15) is 0 Å². The van der Waals surface area contributed by atoms with Crippen LogP contribution in [0, 0.1) is 19.8 Å². The highest BCUT2D eigenvalue weighted by atomic mass is 79.9. The Morgan fingerprint density at radius 1 is 1.29 bits per heavy atom. The topological polar surface area (TPSA) is 59.6 Å². The number of halogens is 1. The molecule has 1 fully saturated rings. The third kappa shape index (κ3) is 6.42. The highest BCUT2D eigenvalue weighted by molar-refractivity contribution is 9.10. The van der Waals surface area contributed by atoms with Crippen molar-refractivity contribution in [3.63, 3.8) is 0 Å². The Morgan fingerprint density at radius 2 is 1.96 bits per heavy atom. The zero-order chi connectivity index (χ0) is 17.4. The summed E-state index contributed by atoms with van der Waals surface area (Å²) in [5.41, 5.74) is 3.01. The number of hydrogen-bond donors (Lipinski definition) is 2. The number of aryl methyl sites for hydroxylation is 2. The molecular formula is C18H27BrN2O3. The van der Waals surface area contributed by atoms with Crippen LogP contribution >= 0.6 is 15.9 Å². The van der Waals surface area contributed by atoms with Crippen LogP contribution in [0.3, 0.4) is 0 Å². The molecule has 0 bridgehead atoms. The largest absolute Gasteiger partial charge is 0.381 e.